The fraction of sp³-hybridized carbons (Fsp3) is 0.129. The van der Waals surface area contributed by atoms with Gasteiger partial charge >= 0.3 is 5.69 Å². The molecule has 6 rings (SSSR count). The number of carbonyl (C=O) groups excluding carboxylic acids is 1. The van der Waals surface area contributed by atoms with Crippen LogP contribution in [0.2, 0.25) is 10.0 Å². The predicted octanol–water partition coefficient (Wildman–Crippen LogP) is 5.25. The molecule has 0 saturated heterocycles. The number of anilines is 1. The number of benzene rings is 3. The molecule has 0 radical (unpaired) electrons. The van der Waals surface area contributed by atoms with Crippen LogP contribution in [0.15, 0.2) is 70.5 Å². The quantitative estimate of drug-likeness (QED) is 0.295. The summed E-state index contributed by atoms with van der Waals surface area (Å²) in [5.74, 6) is 0.0871. The van der Waals surface area contributed by atoms with Gasteiger partial charge in [-0.25, -0.2) is 9.36 Å². The summed E-state index contributed by atoms with van der Waals surface area (Å²) >= 11 is 13.2. The SMILES string of the molecule is COc1cc(-c2cc3c(cc2Cl)NC(=O)C3)cc2c1c(=O)n(-c1cncc(C)c1)c(=O)n2Cc1cc(C#N)ccc1Cl. The summed E-state index contributed by atoms with van der Waals surface area (Å²) in [6, 6.07) is 15.4. The first kappa shape index (κ1) is 27.3. The number of hydrogen-bond acceptors (Lipinski definition) is 6. The summed E-state index contributed by atoms with van der Waals surface area (Å²) in [4.78, 5) is 44.3. The number of halogens is 2. The van der Waals surface area contributed by atoms with Gasteiger partial charge in [0.25, 0.3) is 5.56 Å². The molecule has 11 heteroatoms. The van der Waals surface area contributed by atoms with Gasteiger partial charge in [0.2, 0.25) is 5.91 Å². The Kier molecular flexibility index (Phi) is 6.81. The van der Waals surface area contributed by atoms with Gasteiger partial charge in [-0.05, 0) is 77.7 Å². The molecule has 1 N–H and O–H groups in total. The van der Waals surface area contributed by atoms with Crippen LogP contribution in [0.1, 0.15) is 22.3 Å². The van der Waals surface area contributed by atoms with Crippen LogP contribution in [-0.2, 0) is 17.8 Å². The minimum absolute atomic E-state index is 0.0494. The first-order valence-corrected chi connectivity index (χ1v) is 13.5. The van der Waals surface area contributed by atoms with Gasteiger partial charge in [-0.1, -0.05) is 23.2 Å². The fourth-order valence-corrected chi connectivity index (χ4v) is 5.66. The molecule has 0 spiro atoms. The standard InChI is InChI=1S/C31H21Cl2N5O4/c1-16-5-21(14-35-13-16)38-30(40)29-26(37(31(38)41)15-20-6-17(12-34)3-4-23(20)32)8-18(9-27(29)42-2)22-7-19-10-28(39)36-25(19)11-24(22)33/h3-9,11,13-14H,10,15H2,1-2H3,(H,36,39). The Hall–Kier alpha value is -4.91. The first-order chi connectivity index (χ1) is 20.2. The topological polar surface area (TPSA) is 119 Å². The fourth-order valence-electron chi connectivity index (χ4n) is 5.21. The molecule has 0 atom stereocenters. The van der Waals surface area contributed by atoms with E-state index in [4.69, 9.17) is 27.9 Å². The Bertz CT molecular complexity index is 2130. The smallest absolute Gasteiger partial charge is 0.336 e. The van der Waals surface area contributed by atoms with E-state index in [-0.39, 0.29) is 35.5 Å². The van der Waals surface area contributed by atoms with Crippen molar-refractivity contribution in [2.45, 2.75) is 19.9 Å². The first-order valence-electron chi connectivity index (χ1n) is 12.8. The van der Waals surface area contributed by atoms with E-state index in [2.05, 4.69) is 16.4 Å². The Morgan fingerprint density at radius 1 is 1.05 bits per heavy atom. The number of methoxy groups -OCH3 is 1. The number of hydrogen-bond donors (Lipinski definition) is 1. The Balaban J connectivity index is 1.69. The maximum absolute atomic E-state index is 14.2. The normalized spacial score (nSPS) is 12.2. The van der Waals surface area contributed by atoms with Crippen molar-refractivity contribution in [3.05, 3.63) is 114 Å². The maximum Gasteiger partial charge on any atom is 0.336 e. The Morgan fingerprint density at radius 3 is 2.60 bits per heavy atom. The van der Waals surface area contributed by atoms with E-state index in [9.17, 15) is 19.6 Å². The molecule has 2 aromatic heterocycles. The summed E-state index contributed by atoms with van der Waals surface area (Å²) in [6.07, 6.45) is 3.27. The van der Waals surface area contributed by atoms with Crippen LogP contribution in [0, 0.1) is 18.3 Å². The number of ether oxygens (including phenoxy) is 1. The van der Waals surface area contributed by atoms with Gasteiger partial charge in [0.15, 0.2) is 0 Å². The number of nitrogens with one attached hydrogen (secondary N) is 1. The molecule has 3 heterocycles. The molecule has 3 aromatic carbocycles. The second kappa shape index (κ2) is 10.5. The molecular weight excluding hydrogens is 577 g/mol. The van der Waals surface area contributed by atoms with Gasteiger partial charge in [0.1, 0.15) is 11.1 Å². The largest absolute Gasteiger partial charge is 0.496 e. The van der Waals surface area contributed by atoms with Crippen molar-refractivity contribution in [2.75, 3.05) is 12.4 Å². The molecule has 0 fully saturated rings. The van der Waals surface area contributed by atoms with Crippen molar-refractivity contribution in [1.29, 1.82) is 5.26 Å². The molecule has 208 valence electrons. The molecule has 0 bridgehead atoms. The van der Waals surface area contributed by atoms with Gasteiger partial charge in [0.05, 0.1) is 54.1 Å². The number of aromatic nitrogens is 3. The lowest BCUT2D eigenvalue weighted by molar-refractivity contribution is -0.115. The van der Waals surface area contributed by atoms with Crippen LogP contribution in [-0.4, -0.2) is 27.1 Å². The van der Waals surface area contributed by atoms with Crippen LogP contribution >= 0.6 is 23.2 Å². The number of nitriles is 1. The molecule has 0 unspecified atom stereocenters. The third-order valence-corrected chi connectivity index (χ3v) is 7.86. The molecule has 1 amide bonds. The van der Waals surface area contributed by atoms with Gasteiger partial charge in [-0.2, -0.15) is 5.26 Å². The van der Waals surface area contributed by atoms with Crippen molar-refractivity contribution in [2.24, 2.45) is 0 Å². The molecule has 9 nitrogen and oxygen atoms in total. The van der Waals surface area contributed by atoms with E-state index in [0.29, 0.717) is 43.7 Å². The Morgan fingerprint density at radius 2 is 1.86 bits per heavy atom. The highest BCUT2D eigenvalue weighted by Crippen LogP contribution is 2.39. The van der Waals surface area contributed by atoms with E-state index < -0.39 is 11.2 Å². The van der Waals surface area contributed by atoms with E-state index in [0.717, 1.165) is 15.7 Å². The number of amides is 1. The lowest BCUT2D eigenvalue weighted by Gasteiger charge is -2.18. The van der Waals surface area contributed by atoms with E-state index >= 15 is 0 Å². The summed E-state index contributed by atoms with van der Waals surface area (Å²) in [5.41, 5.74) is 3.58. The van der Waals surface area contributed by atoms with Crippen molar-refractivity contribution < 1.29 is 9.53 Å². The van der Waals surface area contributed by atoms with Gasteiger partial charge in [0, 0.05) is 22.5 Å². The third-order valence-electron chi connectivity index (χ3n) is 7.18. The second-order valence-corrected chi connectivity index (χ2v) is 10.7. The van der Waals surface area contributed by atoms with Crippen LogP contribution in [0.4, 0.5) is 5.69 Å². The second-order valence-electron chi connectivity index (χ2n) is 9.93. The van der Waals surface area contributed by atoms with Crippen LogP contribution in [0.25, 0.3) is 27.7 Å². The van der Waals surface area contributed by atoms with E-state index in [1.54, 1.807) is 48.7 Å². The molecule has 0 saturated carbocycles. The summed E-state index contributed by atoms with van der Waals surface area (Å²) < 4.78 is 8.18. The highest BCUT2D eigenvalue weighted by molar-refractivity contribution is 6.34. The lowest BCUT2D eigenvalue weighted by atomic mass is 9.99. The monoisotopic (exact) mass is 597 g/mol. The number of rotatable bonds is 5. The molecule has 0 aliphatic carbocycles. The number of nitrogens with zero attached hydrogens (tertiary/aromatic N) is 4. The third kappa shape index (κ3) is 4.61. The minimum atomic E-state index is -0.632. The molecule has 1 aliphatic rings. The predicted molar refractivity (Wildman–Crippen MR) is 161 cm³/mol. The summed E-state index contributed by atoms with van der Waals surface area (Å²) in [5, 5.41) is 13.1. The van der Waals surface area contributed by atoms with Crippen molar-refractivity contribution in [1.82, 2.24) is 14.1 Å². The highest BCUT2D eigenvalue weighted by atomic mass is 35.5. The number of carbonyl (C=O) groups is 1. The Labute approximate surface area is 249 Å². The number of fused-ring (bicyclic) bond motifs is 2. The van der Waals surface area contributed by atoms with Gasteiger partial charge in [-0.3, -0.25) is 19.1 Å². The molecular formula is C31H21Cl2N5O4. The zero-order valence-electron chi connectivity index (χ0n) is 22.4. The van der Waals surface area contributed by atoms with Crippen LogP contribution in [0.5, 0.6) is 5.75 Å². The minimum Gasteiger partial charge on any atom is -0.496 e. The summed E-state index contributed by atoms with van der Waals surface area (Å²) in [6.45, 7) is 1.76. The van der Waals surface area contributed by atoms with Crippen LogP contribution < -0.4 is 21.3 Å². The summed E-state index contributed by atoms with van der Waals surface area (Å²) in [7, 11) is 1.44. The van der Waals surface area contributed by atoms with Gasteiger partial charge in [-0.15, -0.1) is 0 Å². The zero-order chi connectivity index (χ0) is 29.7. The highest BCUT2D eigenvalue weighted by Gasteiger charge is 2.24. The zero-order valence-corrected chi connectivity index (χ0v) is 23.9. The van der Waals surface area contributed by atoms with E-state index in [1.807, 2.05) is 13.0 Å². The maximum atomic E-state index is 14.2. The average molecular weight is 598 g/mol. The molecule has 42 heavy (non-hydrogen) atoms. The molecule has 1 aliphatic heterocycles. The van der Waals surface area contributed by atoms with Crippen molar-refractivity contribution in [3.63, 3.8) is 0 Å². The number of pyridine rings is 1. The number of aryl methyl sites for hydroxylation is 1. The van der Waals surface area contributed by atoms with Crippen LogP contribution in [0.3, 0.4) is 0 Å². The molecule has 5 aromatic rings. The lowest BCUT2D eigenvalue weighted by Crippen LogP contribution is -2.39. The van der Waals surface area contributed by atoms with Crippen molar-refractivity contribution >= 4 is 45.7 Å². The average Bonchev–Trinajstić information content (AvgIpc) is 3.33. The van der Waals surface area contributed by atoms with Gasteiger partial charge < -0.3 is 10.1 Å². The van der Waals surface area contributed by atoms with E-state index in [1.165, 1.54) is 17.9 Å². The van der Waals surface area contributed by atoms with Crippen molar-refractivity contribution in [3.8, 4) is 28.6 Å².